The van der Waals surface area contributed by atoms with Gasteiger partial charge in [0.05, 0.1) is 0 Å². The second kappa shape index (κ2) is 5.37. The Labute approximate surface area is 138 Å². The van der Waals surface area contributed by atoms with Gasteiger partial charge < -0.3 is 12.9 Å². The van der Waals surface area contributed by atoms with Gasteiger partial charge in [0, 0.05) is 11.6 Å². The standard InChI is InChI=1S/C9H5BClF3N.K/c11-9-8-2-1-7(10(12,13)14)5-6(8)3-4-15-9;/h1-5H;/q-1;+1. The second-order valence-corrected chi connectivity index (χ2v) is 3.52. The van der Waals surface area contributed by atoms with Crippen LogP contribution in [0.3, 0.4) is 0 Å². The number of pyridine rings is 1. The van der Waals surface area contributed by atoms with E-state index in [0.717, 1.165) is 12.1 Å². The molecule has 78 valence electrons. The monoisotopic (exact) mass is 269 g/mol. The van der Waals surface area contributed by atoms with Gasteiger partial charge in [-0.15, -0.1) is 5.46 Å². The molecule has 1 nitrogen and oxygen atoms in total. The van der Waals surface area contributed by atoms with Gasteiger partial charge in [-0.1, -0.05) is 29.8 Å². The zero-order chi connectivity index (χ0) is 11.1. The first-order valence-corrected chi connectivity index (χ1v) is 4.60. The Hall–Kier alpha value is 0.411. The fourth-order valence-electron chi connectivity index (χ4n) is 1.36. The molecule has 0 aliphatic rings. The van der Waals surface area contributed by atoms with Crippen LogP contribution in [0.4, 0.5) is 12.9 Å². The van der Waals surface area contributed by atoms with Crippen molar-refractivity contribution in [3.8, 4) is 0 Å². The molecular formula is C9H5BClF3KN. The van der Waals surface area contributed by atoms with E-state index < -0.39 is 12.4 Å². The van der Waals surface area contributed by atoms with Crippen LogP contribution in [0, 0.1) is 0 Å². The zero-order valence-corrected chi connectivity index (χ0v) is 12.3. The minimum absolute atomic E-state index is 0. The van der Waals surface area contributed by atoms with E-state index >= 15 is 0 Å². The molecule has 0 atom stereocenters. The molecule has 1 heterocycles. The van der Waals surface area contributed by atoms with Crippen LogP contribution in [-0.2, 0) is 0 Å². The minimum atomic E-state index is -4.96. The van der Waals surface area contributed by atoms with Crippen LogP contribution >= 0.6 is 11.6 Å². The molecule has 0 aliphatic heterocycles. The summed E-state index contributed by atoms with van der Waals surface area (Å²) >= 11 is 5.74. The van der Waals surface area contributed by atoms with Crippen molar-refractivity contribution in [2.24, 2.45) is 0 Å². The molecule has 0 unspecified atom stereocenters. The molecule has 0 saturated carbocycles. The number of aromatic nitrogens is 1. The fourth-order valence-corrected chi connectivity index (χ4v) is 1.59. The van der Waals surface area contributed by atoms with Gasteiger partial charge in [-0.2, -0.15) is 0 Å². The van der Waals surface area contributed by atoms with Crippen LogP contribution in [0.15, 0.2) is 30.5 Å². The Morgan fingerprint density at radius 1 is 1.12 bits per heavy atom. The molecule has 0 bridgehead atoms. The van der Waals surface area contributed by atoms with Crippen molar-refractivity contribution in [2.75, 3.05) is 0 Å². The number of benzene rings is 1. The van der Waals surface area contributed by atoms with Crippen LogP contribution in [0.2, 0.25) is 5.15 Å². The summed E-state index contributed by atoms with van der Waals surface area (Å²) in [7, 11) is 0. The third kappa shape index (κ3) is 3.00. The molecule has 0 saturated heterocycles. The van der Waals surface area contributed by atoms with Gasteiger partial charge in [-0.25, -0.2) is 4.98 Å². The third-order valence-corrected chi connectivity index (χ3v) is 2.42. The Morgan fingerprint density at radius 3 is 2.44 bits per heavy atom. The summed E-state index contributed by atoms with van der Waals surface area (Å²) in [6, 6.07) is 4.96. The SMILES string of the molecule is F[B-](F)(F)c1ccc2c(Cl)nccc2c1.[K+]. The maximum Gasteiger partial charge on any atom is 1.00 e. The molecular weight excluding hydrogens is 264 g/mol. The number of nitrogens with zero attached hydrogens (tertiary/aromatic N) is 1. The number of hydrogen-bond donors (Lipinski definition) is 0. The molecule has 0 N–H and O–H groups in total. The largest absolute Gasteiger partial charge is 1.00 e. The molecule has 0 fully saturated rings. The van der Waals surface area contributed by atoms with E-state index in [2.05, 4.69) is 4.98 Å². The average molecular weight is 270 g/mol. The van der Waals surface area contributed by atoms with Gasteiger partial charge in [0.2, 0.25) is 0 Å². The van der Waals surface area contributed by atoms with Crippen LogP contribution < -0.4 is 56.8 Å². The Morgan fingerprint density at radius 2 is 1.81 bits per heavy atom. The predicted molar refractivity (Wildman–Crippen MR) is 55.5 cm³/mol. The summed E-state index contributed by atoms with van der Waals surface area (Å²) in [6.07, 6.45) is 1.39. The van der Waals surface area contributed by atoms with Crippen molar-refractivity contribution in [3.05, 3.63) is 35.6 Å². The number of hydrogen-bond acceptors (Lipinski definition) is 1. The van der Waals surface area contributed by atoms with E-state index in [-0.39, 0.29) is 56.5 Å². The van der Waals surface area contributed by atoms with Crippen molar-refractivity contribution < 1.29 is 64.3 Å². The third-order valence-electron chi connectivity index (χ3n) is 2.12. The second-order valence-electron chi connectivity index (χ2n) is 3.16. The summed E-state index contributed by atoms with van der Waals surface area (Å²) in [4.78, 5) is 3.79. The van der Waals surface area contributed by atoms with Crippen LogP contribution in [0.1, 0.15) is 0 Å². The van der Waals surface area contributed by atoms with Crippen LogP contribution in [0.25, 0.3) is 10.8 Å². The van der Waals surface area contributed by atoms with Crippen molar-refractivity contribution in [1.82, 2.24) is 4.98 Å². The van der Waals surface area contributed by atoms with Gasteiger partial charge in [-0.3, -0.25) is 0 Å². The first-order chi connectivity index (χ1) is 6.98. The topological polar surface area (TPSA) is 12.9 Å². The van der Waals surface area contributed by atoms with Crippen molar-refractivity contribution in [3.63, 3.8) is 0 Å². The quantitative estimate of drug-likeness (QED) is 0.522. The fraction of sp³-hybridized carbons (Fsp3) is 0. The number of rotatable bonds is 1. The normalized spacial score (nSPS) is 11.2. The van der Waals surface area contributed by atoms with Gasteiger partial charge in [0.15, 0.2) is 0 Å². The van der Waals surface area contributed by atoms with E-state index in [1.165, 1.54) is 18.3 Å². The van der Waals surface area contributed by atoms with Crippen LogP contribution in [0.5, 0.6) is 0 Å². The first kappa shape index (κ1) is 14.5. The van der Waals surface area contributed by atoms with E-state index in [1.807, 2.05) is 0 Å². The first-order valence-electron chi connectivity index (χ1n) is 4.22. The molecule has 1 aromatic heterocycles. The molecule has 1 aromatic carbocycles. The zero-order valence-electron chi connectivity index (χ0n) is 8.42. The molecule has 2 aromatic rings. The Bertz CT molecular complexity index is 518. The Kier molecular flexibility index (Phi) is 4.86. The molecule has 16 heavy (non-hydrogen) atoms. The van der Waals surface area contributed by atoms with E-state index in [9.17, 15) is 12.9 Å². The number of halogens is 4. The maximum atomic E-state index is 12.4. The molecule has 0 amide bonds. The molecule has 2 rings (SSSR count). The van der Waals surface area contributed by atoms with Crippen molar-refractivity contribution >= 4 is 34.8 Å². The van der Waals surface area contributed by atoms with E-state index in [1.54, 1.807) is 0 Å². The summed E-state index contributed by atoms with van der Waals surface area (Å²) < 4.78 is 37.3. The average Bonchev–Trinajstić information content (AvgIpc) is 2.16. The minimum Gasteiger partial charge on any atom is -0.445 e. The molecule has 7 heteroatoms. The molecule has 0 radical (unpaired) electrons. The van der Waals surface area contributed by atoms with Crippen LogP contribution in [-0.4, -0.2) is 12.0 Å². The van der Waals surface area contributed by atoms with E-state index in [4.69, 9.17) is 11.6 Å². The van der Waals surface area contributed by atoms with Gasteiger partial charge in [0.1, 0.15) is 5.15 Å². The summed E-state index contributed by atoms with van der Waals surface area (Å²) in [5, 5.41) is 1.20. The van der Waals surface area contributed by atoms with Gasteiger partial charge >= 0.3 is 58.4 Å². The summed E-state index contributed by atoms with van der Waals surface area (Å²) in [5.41, 5.74) is -0.621. The molecule has 0 spiro atoms. The maximum absolute atomic E-state index is 12.4. The van der Waals surface area contributed by atoms with Crippen molar-refractivity contribution in [2.45, 2.75) is 0 Å². The van der Waals surface area contributed by atoms with E-state index in [0.29, 0.717) is 10.8 Å². The molecule has 0 aliphatic carbocycles. The van der Waals surface area contributed by atoms with Crippen molar-refractivity contribution in [1.29, 1.82) is 0 Å². The predicted octanol–water partition coefficient (Wildman–Crippen LogP) is -0.0534. The Balaban J connectivity index is 0.00000128. The summed E-state index contributed by atoms with van der Waals surface area (Å²) in [6.45, 7) is -4.96. The summed E-state index contributed by atoms with van der Waals surface area (Å²) in [5.74, 6) is 0. The number of fused-ring (bicyclic) bond motifs is 1. The van der Waals surface area contributed by atoms with Gasteiger partial charge in [-0.05, 0) is 11.5 Å². The smallest absolute Gasteiger partial charge is 0.445 e. The van der Waals surface area contributed by atoms with Gasteiger partial charge in [0.25, 0.3) is 0 Å².